The van der Waals surface area contributed by atoms with Crippen molar-refractivity contribution >= 4 is 11.8 Å². The Balaban J connectivity index is 2.36. The second kappa shape index (κ2) is 4.83. The molecule has 1 aromatic heterocycles. The minimum Gasteiger partial charge on any atom is -0.443 e. The number of carbonyl (C=O) groups is 1. The summed E-state index contributed by atoms with van der Waals surface area (Å²) in [6, 6.07) is 1.94. The Bertz CT molecular complexity index is 491. The molecule has 0 saturated carbocycles. The van der Waals surface area contributed by atoms with Crippen LogP contribution in [-0.4, -0.2) is 23.2 Å². The van der Waals surface area contributed by atoms with E-state index in [1.165, 1.54) is 0 Å². The number of amides is 1. The van der Waals surface area contributed by atoms with Crippen molar-refractivity contribution in [3.63, 3.8) is 0 Å². The van der Waals surface area contributed by atoms with Crippen molar-refractivity contribution in [2.45, 2.75) is 52.6 Å². The quantitative estimate of drug-likeness (QED) is 0.717. The van der Waals surface area contributed by atoms with Crippen LogP contribution in [0.2, 0.25) is 0 Å². The van der Waals surface area contributed by atoms with Crippen molar-refractivity contribution in [1.82, 2.24) is 4.98 Å². The first-order chi connectivity index (χ1) is 8.79. The molecule has 2 heterocycles. The Morgan fingerprint density at radius 2 is 2.16 bits per heavy atom. The smallest absolute Gasteiger partial charge is 0.414 e. The molecule has 2 rings (SSSR count). The third-order valence-corrected chi connectivity index (χ3v) is 3.29. The molecule has 4 heteroatoms. The van der Waals surface area contributed by atoms with E-state index in [9.17, 15) is 4.79 Å². The van der Waals surface area contributed by atoms with E-state index in [-0.39, 0.29) is 6.09 Å². The molecule has 0 aliphatic carbocycles. The highest BCUT2D eigenvalue weighted by Gasteiger charge is 2.31. The van der Waals surface area contributed by atoms with Gasteiger partial charge in [0, 0.05) is 18.7 Å². The Morgan fingerprint density at radius 3 is 2.79 bits per heavy atom. The summed E-state index contributed by atoms with van der Waals surface area (Å²) in [5.41, 5.74) is 2.52. The van der Waals surface area contributed by atoms with Gasteiger partial charge in [0.05, 0.1) is 11.4 Å². The van der Waals surface area contributed by atoms with Crippen molar-refractivity contribution in [2.24, 2.45) is 0 Å². The summed E-state index contributed by atoms with van der Waals surface area (Å²) in [5.74, 6) is 0.383. The van der Waals surface area contributed by atoms with E-state index < -0.39 is 5.60 Å². The van der Waals surface area contributed by atoms with Crippen LogP contribution in [0.4, 0.5) is 10.5 Å². The molecule has 1 unspecified atom stereocenters. The van der Waals surface area contributed by atoms with E-state index >= 15 is 0 Å². The molecule has 0 bridgehead atoms. The van der Waals surface area contributed by atoms with Gasteiger partial charge in [-0.2, -0.15) is 0 Å². The van der Waals surface area contributed by atoms with E-state index in [4.69, 9.17) is 4.74 Å². The zero-order valence-corrected chi connectivity index (χ0v) is 12.4. The monoisotopic (exact) mass is 262 g/mol. The maximum atomic E-state index is 12.3. The van der Waals surface area contributed by atoms with Gasteiger partial charge >= 0.3 is 6.09 Å². The van der Waals surface area contributed by atoms with Gasteiger partial charge in [0.1, 0.15) is 5.60 Å². The fraction of sp³-hybridized carbons (Fsp3) is 0.600. The zero-order chi connectivity index (χ0) is 14.2. The largest absolute Gasteiger partial charge is 0.443 e. The molecule has 1 aromatic rings. The van der Waals surface area contributed by atoms with E-state index in [1.54, 1.807) is 4.90 Å². The van der Waals surface area contributed by atoms with Crippen molar-refractivity contribution < 1.29 is 9.53 Å². The number of pyridine rings is 1. The van der Waals surface area contributed by atoms with Crippen molar-refractivity contribution in [1.29, 1.82) is 0 Å². The molecule has 0 spiro atoms. The van der Waals surface area contributed by atoms with Crippen LogP contribution < -0.4 is 4.90 Å². The Labute approximate surface area is 114 Å². The minimum atomic E-state index is -0.476. The van der Waals surface area contributed by atoms with E-state index in [1.807, 2.05) is 40.0 Å². The normalized spacial score (nSPS) is 19.0. The zero-order valence-electron chi connectivity index (χ0n) is 12.4. The van der Waals surface area contributed by atoms with Crippen LogP contribution in [-0.2, 0) is 4.74 Å². The first-order valence-electron chi connectivity index (χ1n) is 6.75. The summed E-state index contributed by atoms with van der Waals surface area (Å²) in [7, 11) is 0. The number of hydrogen-bond donors (Lipinski definition) is 0. The number of fused-ring (bicyclic) bond motifs is 1. The van der Waals surface area contributed by atoms with Gasteiger partial charge in [-0.1, -0.05) is 6.92 Å². The highest BCUT2D eigenvalue weighted by molar-refractivity contribution is 5.90. The van der Waals surface area contributed by atoms with Gasteiger partial charge in [-0.15, -0.1) is 0 Å². The number of aryl methyl sites for hydroxylation is 1. The van der Waals surface area contributed by atoms with Gasteiger partial charge < -0.3 is 4.74 Å². The van der Waals surface area contributed by atoms with Crippen LogP contribution in [0.25, 0.3) is 0 Å². The molecule has 4 nitrogen and oxygen atoms in total. The van der Waals surface area contributed by atoms with Gasteiger partial charge in [0.15, 0.2) is 0 Å². The van der Waals surface area contributed by atoms with Crippen LogP contribution in [0.15, 0.2) is 12.3 Å². The van der Waals surface area contributed by atoms with Gasteiger partial charge in [-0.25, -0.2) is 4.79 Å². The molecular formula is C15H22N2O2. The van der Waals surface area contributed by atoms with E-state index in [0.29, 0.717) is 12.5 Å². The molecule has 0 aromatic carbocycles. The van der Waals surface area contributed by atoms with Gasteiger partial charge in [0.2, 0.25) is 0 Å². The number of aromatic nitrogens is 1. The maximum absolute atomic E-state index is 12.3. The summed E-state index contributed by atoms with van der Waals surface area (Å²) >= 11 is 0. The topological polar surface area (TPSA) is 42.4 Å². The molecule has 1 amide bonds. The van der Waals surface area contributed by atoms with Gasteiger partial charge in [-0.05, 0) is 45.7 Å². The minimum absolute atomic E-state index is 0.281. The lowest BCUT2D eigenvalue weighted by molar-refractivity contribution is 0.0576. The number of ether oxygens (including phenoxy) is 1. The second-order valence-electron chi connectivity index (χ2n) is 6.18. The number of nitrogens with zero attached hydrogens (tertiary/aromatic N) is 2. The Hall–Kier alpha value is -1.58. The van der Waals surface area contributed by atoms with Crippen molar-refractivity contribution in [3.05, 3.63) is 23.5 Å². The van der Waals surface area contributed by atoms with Crippen molar-refractivity contribution in [2.75, 3.05) is 11.4 Å². The molecule has 1 aliphatic heterocycles. The van der Waals surface area contributed by atoms with E-state index in [2.05, 4.69) is 11.9 Å². The maximum Gasteiger partial charge on any atom is 0.414 e. The second-order valence-corrected chi connectivity index (χ2v) is 6.18. The summed E-state index contributed by atoms with van der Waals surface area (Å²) < 4.78 is 5.48. The first-order valence-corrected chi connectivity index (χ1v) is 6.75. The number of rotatable bonds is 0. The van der Waals surface area contributed by atoms with Gasteiger partial charge in [0.25, 0.3) is 0 Å². The molecule has 0 radical (unpaired) electrons. The molecule has 104 valence electrons. The lowest BCUT2D eigenvalue weighted by atomic mass is 9.95. The van der Waals surface area contributed by atoms with Crippen LogP contribution in [0.5, 0.6) is 0 Å². The molecule has 1 aliphatic rings. The molecule has 0 saturated heterocycles. The number of anilines is 1. The van der Waals surface area contributed by atoms with Crippen LogP contribution in [0.1, 0.15) is 51.3 Å². The predicted octanol–water partition coefficient (Wildman–Crippen LogP) is 3.64. The first kappa shape index (κ1) is 13.8. The Morgan fingerprint density at radius 1 is 1.47 bits per heavy atom. The van der Waals surface area contributed by atoms with Crippen LogP contribution in [0, 0.1) is 6.92 Å². The third-order valence-electron chi connectivity index (χ3n) is 3.29. The lowest BCUT2D eigenvalue weighted by Crippen LogP contribution is -2.41. The van der Waals surface area contributed by atoms with Crippen LogP contribution >= 0.6 is 0 Å². The highest BCUT2D eigenvalue weighted by atomic mass is 16.6. The number of carbonyl (C=O) groups excluding carboxylic acids is 1. The third kappa shape index (κ3) is 2.88. The molecule has 0 N–H and O–H groups in total. The standard InChI is InChI=1S/C15H22N2O2/c1-10-7-9-17(14(18)19-15(3,4)5)13-11(2)6-8-16-12(10)13/h6,8,10H,7,9H2,1-5H3. The fourth-order valence-corrected chi connectivity index (χ4v) is 2.35. The fourth-order valence-electron chi connectivity index (χ4n) is 2.35. The summed E-state index contributed by atoms with van der Waals surface area (Å²) in [6.07, 6.45) is 2.45. The average Bonchev–Trinajstić information content (AvgIpc) is 2.28. The molecule has 1 atom stereocenters. The summed E-state index contributed by atoms with van der Waals surface area (Å²) in [5, 5.41) is 0. The molecule has 19 heavy (non-hydrogen) atoms. The molecular weight excluding hydrogens is 240 g/mol. The highest BCUT2D eigenvalue weighted by Crippen LogP contribution is 2.36. The van der Waals surface area contributed by atoms with Crippen LogP contribution in [0.3, 0.4) is 0 Å². The lowest BCUT2D eigenvalue weighted by Gasteiger charge is -2.34. The average molecular weight is 262 g/mol. The van der Waals surface area contributed by atoms with Gasteiger partial charge in [-0.3, -0.25) is 9.88 Å². The Kier molecular flexibility index (Phi) is 3.52. The number of hydrogen-bond acceptors (Lipinski definition) is 3. The SMILES string of the molecule is Cc1ccnc2c1N(C(=O)OC(C)(C)C)CCC2C. The summed E-state index contributed by atoms with van der Waals surface area (Å²) in [4.78, 5) is 18.5. The predicted molar refractivity (Wildman–Crippen MR) is 75.6 cm³/mol. The van der Waals surface area contributed by atoms with E-state index in [0.717, 1.165) is 23.4 Å². The molecule has 0 fully saturated rings. The summed E-state index contributed by atoms with van der Waals surface area (Å²) in [6.45, 7) is 10.5. The van der Waals surface area contributed by atoms with Crippen molar-refractivity contribution in [3.8, 4) is 0 Å².